The molecule has 43 heavy (non-hydrogen) atoms. The topological polar surface area (TPSA) is 81.1 Å². The number of likely N-dealkylation sites (N-methyl/N-ethyl adjacent to an activating group) is 1. The number of benzene rings is 2. The van der Waals surface area contributed by atoms with Gasteiger partial charge in [0.25, 0.3) is 0 Å². The Morgan fingerprint density at radius 2 is 1.67 bits per heavy atom. The van der Waals surface area contributed by atoms with Gasteiger partial charge in [-0.15, -0.1) is 11.6 Å². The van der Waals surface area contributed by atoms with Crippen molar-refractivity contribution in [2.45, 2.75) is 77.3 Å². The molecule has 0 saturated heterocycles. The minimum Gasteiger partial charge on any atom is -0.456 e. The molecule has 2 amide bonds. The zero-order valence-corrected chi connectivity index (χ0v) is 28.3. The van der Waals surface area contributed by atoms with E-state index in [0.29, 0.717) is 25.3 Å². The summed E-state index contributed by atoms with van der Waals surface area (Å²) < 4.78 is 14.0. The summed E-state index contributed by atoms with van der Waals surface area (Å²) in [5.41, 5.74) is 3.40. The van der Waals surface area contributed by atoms with Gasteiger partial charge in [-0.05, 0) is 56.1 Å². The number of esters is 1. The first kappa shape index (κ1) is 32.8. The molecule has 0 spiro atoms. The minimum absolute atomic E-state index is 0.178. The summed E-state index contributed by atoms with van der Waals surface area (Å²) in [5, 5.41) is 1.02. The lowest BCUT2D eigenvalue weighted by atomic mass is 9.87. The van der Waals surface area contributed by atoms with Gasteiger partial charge in [0.1, 0.15) is 24.3 Å². The fourth-order valence-electron chi connectivity index (χ4n) is 5.55. The molecule has 2 aromatic carbocycles. The lowest BCUT2D eigenvalue weighted by Crippen LogP contribution is -2.55. The molecule has 1 aliphatic rings. The van der Waals surface area contributed by atoms with E-state index in [1.165, 1.54) is 4.90 Å². The first-order valence-electron chi connectivity index (χ1n) is 14.7. The first-order valence-corrected chi connectivity index (χ1v) is 19.0. The number of rotatable bonds is 9. The van der Waals surface area contributed by atoms with Crippen molar-refractivity contribution in [1.29, 1.82) is 0 Å². The van der Waals surface area contributed by atoms with E-state index in [2.05, 4.69) is 36.3 Å². The average Bonchev–Trinajstić information content (AvgIpc) is 3.25. The van der Waals surface area contributed by atoms with E-state index in [4.69, 9.17) is 21.1 Å². The molecule has 0 radical (unpaired) electrons. The predicted molar refractivity (Wildman–Crippen MR) is 173 cm³/mol. The summed E-state index contributed by atoms with van der Waals surface area (Å²) >= 11 is 6.20. The monoisotopic (exact) mass is 625 g/mol. The molecule has 1 aliphatic heterocycles. The molecule has 0 saturated carbocycles. The van der Waals surface area contributed by atoms with E-state index in [-0.39, 0.29) is 17.7 Å². The summed E-state index contributed by atoms with van der Waals surface area (Å²) in [7, 11) is 2.09. The number of fused-ring (bicyclic) bond motifs is 3. The first-order chi connectivity index (χ1) is 20.1. The van der Waals surface area contributed by atoms with Crippen molar-refractivity contribution in [3.63, 3.8) is 0 Å². The Bertz CT molecular complexity index is 1490. The van der Waals surface area contributed by atoms with Gasteiger partial charge >= 0.3 is 5.97 Å². The Hall–Kier alpha value is -3.14. The number of carbonyl (C=O) groups excluding carboxylic acids is 3. The highest BCUT2D eigenvalue weighted by atomic mass is 35.5. The van der Waals surface area contributed by atoms with Crippen LogP contribution in [0.15, 0.2) is 48.5 Å². The predicted octanol–water partition coefficient (Wildman–Crippen LogP) is 6.08. The third-order valence-electron chi connectivity index (χ3n) is 7.60. The lowest BCUT2D eigenvalue weighted by molar-refractivity contribution is -0.145. The second kappa shape index (κ2) is 12.8. The molecule has 0 unspecified atom stereocenters. The fraction of sp³-hybridized carbons (Fsp3) is 0.485. The second-order valence-corrected chi connectivity index (χ2v) is 19.5. The lowest BCUT2D eigenvalue weighted by Gasteiger charge is -2.43. The largest absolute Gasteiger partial charge is 0.456 e. The van der Waals surface area contributed by atoms with Crippen LogP contribution < -0.4 is 0 Å². The Morgan fingerprint density at radius 3 is 2.26 bits per heavy atom. The molecule has 10 heteroatoms. The number of nitrogens with zero attached hydrogens (tertiary/aromatic N) is 3. The molecule has 0 aliphatic carbocycles. The molecule has 232 valence electrons. The molecule has 1 aromatic heterocycles. The zero-order chi connectivity index (χ0) is 31.7. The number of halogens is 1. The van der Waals surface area contributed by atoms with Crippen molar-refractivity contribution in [1.82, 2.24) is 14.4 Å². The number of hydrogen-bond donors (Lipinski definition) is 0. The molecule has 2 atom stereocenters. The number of alkyl halides is 1. The Kier molecular flexibility index (Phi) is 9.78. The van der Waals surface area contributed by atoms with Crippen molar-refractivity contribution < 1.29 is 23.9 Å². The molecule has 0 bridgehead atoms. The van der Waals surface area contributed by atoms with E-state index in [1.54, 1.807) is 31.1 Å². The Balaban J connectivity index is 1.90. The van der Waals surface area contributed by atoms with E-state index in [1.807, 2.05) is 45.0 Å². The van der Waals surface area contributed by atoms with Gasteiger partial charge in [0.15, 0.2) is 0 Å². The minimum atomic E-state index is -1.30. The maximum absolute atomic E-state index is 13.6. The van der Waals surface area contributed by atoms with Gasteiger partial charge in [0, 0.05) is 40.6 Å². The standard InChI is InChI=1S/C33H44ClN3O5Si/c1-33(2,3)42-32(40)23-15-13-22(14-16-23)29-30-25(19-27(31(39)35(4)5)37(29)28(38)20-34)24-11-9-10-12-26(24)36(30)21-41-17-18-43(6,7)8/h9-16,27,29H,17-21H2,1-8H3/t27-,29+/m1/s1. The molecular formula is C33H44ClN3O5Si. The average molecular weight is 626 g/mol. The summed E-state index contributed by atoms with van der Waals surface area (Å²) in [6, 6.07) is 14.8. The van der Waals surface area contributed by atoms with Crippen LogP contribution in [0.1, 0.15) is 54.0 Å². The van der Waals surface area contributed by atoms with Crippen molar-refractivity contribution in [3.8, 4) is 0 Å². The van der Waals surface area contributed by atoms with Crippen LogP contribution in [0.4, 0.5) is 0 Å². The van der Waals surface area contributed by atoms with Gasteiger partial charge in [0.05, 0.1) is 22.8 Å². The third kappa shape index (κ3) is 7.33. The van der Waals surface area contributed by atoms with Crippen LogP contribution in [0.2, 0.25) is 25.7 Å². The van der Waals surface area contributed by atoms with Crippen LogP contribution >= 0.6 is 11.6 Å². The maximum atomic E-state index is 13.6. The van der Waals surface area contributed by atoms with Crippen LogP contribution in [-0.2, 0) is 32.2 Å². The number of ether oxygens (including phenoxy) is 2. The van der Waals surface area contributed by atoms with Gasteiger partial charge in [-0.3, -0.25) is 9.59 Å². The summed E-state index contributed by atoms with van der Waals surface area (Å²) in [6.07, 6.45) is 0.351. The third-order valence-corrected chi connectivity index (χ3v) is 9.53. The van der Waals surface area contributed by atoms with Crippen molar-refractivity contribution in [2.75, 3.05) is 26.6 Å². The van der Waals surface area contributed by atoms with E-state index < -0.39 is 31.7 Å². The molecule has 2 heterocycles. The van der Waals surface area contributed by atoms with E-state index in [0.717, 1.165) is 33.8 Å². The quantitative estimate of drug-likeness (QED) is 0.125. The zero-order valence-electron chi connectivity index (χ0n) is 26.6. The van der Waals surface area contributed by atoms with Gasteiger partial charge in [-0.2, -0.15) is 0 Å². The van der Waals surface area contributed by atoms with Crippen molar-refractivity contribution in [3.05, 3.63) is 70.9 Å². The number of carbonyl (C=O) groups is 3. The molecule has 0 N–H and O–H groups in total. The van der Waals surface area contributed by atoms with Crippen LogP contribution in [-0.4, -0.2) is 78.4 Å². The van der Waals surface area contributed by atoms with Crippen molar-refractivity contribution in [2.24, 2.45) is 0 Å². The Morgan fingerprint density at radius 1 is 1.02 bits per heavy atom. The summed E-state index contributed by atoms with van der Waals surface area (Å²) in [6.45, 7) is 13.4. The van der Waals surface area contributed by atoms with Gasteiger partial charge in [-0.25, -0.2) is 4.79 Å². The number of para-hydroxylation sites is 1. The highest BCUT2D eigenvalue weighted by Crippen LogP contribution is 2.43. The smallest absolute Gasteiger partial charge is 0.338 e. The van der Waals surface area contributed by atoms with Crippen molar-refractivity contribution >= 4 is 48.4 Å². The number of amides is 2. The maximum Gasteiger partial charge on any atom is 0.338 e. The van der Waals surface area contributed by atoms with Crippen LogP contribution in [0.25, 0.3) is 10.9 Å². The van der Waals surface area contributed by atoms with Gasteiger partial charge < -0.3 is 23.8 Å². The van der Waals surface area contributed by atoms with E-state index >= 15 is 0 Å². The van der Waals surface area contributed by atoms with E-state index in [9.17, 15) is 14.4 Å². The number of hydrogen-bond acceptors (Lipinski definition) is 5. The highest BCUT2D eigenvalue weighted by Gasteiger charge is 2.45. The molecule has 4 rings (SSSR count). The summed E-state index contributed by atoms with van der Waals surface area (Å²) in [4.78, 5) is 43.2. The molecular weight excluding hydrogens is 582 g/mol. The van der Waals surface area contributed by atoms with Crippen LogP contribution in [0.5, 0.6) is 0 Å². The fourth-order valence-corrected chi connectivity index (χ4v) is 6.44. The van der Waals surface area contributed by atoms with Gasteiger partial charge in [0.2, 0.25) is 11.8 Å². The molecule has 3 aromatic rings. The summed E-state index contributed by atoms with van der Waals surface area (Å²) in [5.74, 6) is -1.22. The van der Waals surface area contributed by atoms with Crippen LogP contribution in [0, 0.1) is 0 Å². The molecule has 8 nitrogen and oxygen atoms in total. The highest BCUT2D eigenvalue weighted by molar-refractivity contribution is 6.76. The normalized spacial score (nSPS) is 17.1. The molecule has 0 fully saturated rings. The Labute approximate surface area is 260 Å². The second-order valence-electron chi connectivity index (χ2n) is 13.6. The van der Waals surface area contributed by atoms with Gasteiger partial charge in [-0.1, -0.05) is 50.0 Å². The van der Waals surface area contributed by atoms with Crippen LogP contribution in [0.3, 0.4) is 0 Å². The SMILES string of the molecule is CN(C)C(=O)[C@H]1Cc2c(n(COCC[Si](C)(C)C)c3ccccc23)[C@H](c2ccc(C(=O)OC(C)(C)C)cc2)N1C(=O)CCl. The number of aromatic nitrogens is 1.